The Hall–Kier alpha value is -2.61. The number of anilines is 1. The van der Waals surface area contributed by atoms with Crippen molar-refractivity contribution >= 4 is 17.1 Å². The molecular formula is C18H21N7O. The third kappa shape index (κ3) is 2.28. The van der Waals surface area contributed by atoms with E-state index in [2.05, 4.69) is 28.4 Å². The minimum absolute atomic E-state index is 0.245. The van der Waals surface area contributed by atoms with Gasteiger partial charge in [-0.15, -0.1) is 0 Å². The zero-order chi connectivity index (χ0) is 17.9. The Morgan fingerprint density at radius 3 is 2.62 bits per heavy atom. The van der Waals surface area contributed by atoms with Crippen molar-refractivity contribution in [2.24, 2.45) is 0 Å². The van der Waals surface area contributed by atoms with Gasteiger partial charge in [-0.1, -0.05) is 6.42 Å². The molecule has 2 aliphatic rings. The topological polar surface area (TPSA) is 105 Å². The van der Waals surface area contributed by atoms with Gasteiger partial charge < -0.3 is 15.0 Å². The van der Waals surface area contributed by atoms with Gasteiger partial charge in [-0.25, -0.2) is 24.9 Å². The van der Waals surface area contributed by atoms with E-state index in [0.717, 1.165) is 47.6 Å². The molecule has 26 heavy (non-hydrogen) atoms. The lowest BCUT2D eigenvalue weighted by atomic mass is 9.82. The average Bonchev–Trinajstić information content (AvgIpc) is 2.94. The van der Waals surface area contributed by atoms with E-state index in [1.54, 1.807) is 12.4 Å². The standard InChI is InChI=1S/C18H21N7O/c1-18(2)16-23-13-12(10-4-3-5-10)22-14(11-8-20-17(19)21-9-11)24-15(13)25(16)6-7-26-18/h8-10H,3-7H2,1-2H3,(H2,19,20,21). The first-order valence-corrected chi connectivity index (χ1v) is 9.03. The lowest BCUT2D eigenvalue weighted by molar-refractivity contribution is -0.0530. The quantitative estimate of drug-likeness (QED) is 0.756. The number of hydrogen-bond acceptors (Lipinski definition) is 7. The Kier molecular flexibility index (Phi) is 3.27. The fraction of sp³-hybridized carbons (Fsp3) is 0.500. The highest BCUT2D eigenvalue weighted by molar-refractivity contribution is 5.78. The number of nitrogens with two attached hydrogens (primary N) is 1. The van der Waals surface area contributed by atoms with Crippen molar-refractivity contribution in [1.29, 1.82) is 0 Å². The van der Waals surface area contributed by atoms with E-state index in [9.17, 15) is 0 Å². The Balaban J connectivity index is 1.76. The van der Waals surface area contributed by atoms with Crippen molar-refractivity contribution in [3.63, 3.8) is 0 Å². The van der Waals surface area contributed by atoms with Crippen LogP contribution in [0.15, 0.2) is 12.4 Å². The van der Waals surface area contributed by atoms with Gasteiger partial charge in [0, 0.05) is 24.9 Å². The lowest BCUT2D eigenvalue weighted by Gasteiger charge is -2.30. The van der Waals surface area contributed by atoms with Crippen LogP contribution in [-0.2, 0) is 16.9 Å². The third-order valence-electron chi connectivity index (χ3n) is 5.36. The van der Waals surface area contributed by atoms with Gasteiger partial charge in [-0.3, -0.25) is 0 Å². The Morgan fingerprint density at radius 2 is 1.92 bits per heavy atom. The van der Waals surface area contributed by atoms with E-state index in [-0.39, 0.29) is 5.95 Å². The summed E-state index contributed by atoms with van der Waals surface area (Å²) in [7, 11) is 0. The molecule has 4 heterocycles. The first kappa shape index (κ1) is 15.6. The second kappa shape index (κ2) is 5.44. The Labute approximate surface area is 150 Å². The average molecular weight is 351 g/mol. The number of aromatic nitrogens is 6. The van der Waals surface area contributed by atoms with E-state index in [1.807, 2.05) is 0 Å². The van der Waals surface area contributed by atoms with Crippen molar-refractivity contribution < 1.29 is 4.74 Å². The summed E-state index contributed by atoms with van der Waals surface area (Å²) < 4.78 is 8.10. The lowest BCUT2D eigenvalue weighted by Crippen LogP contribution is -2.33. The van der Waals surface area contributed by atoms with E-state index in [0.29, 0.717) is 18.3 Å². The maximum absolute atomic E-state index is 5.92. The van der Waals surface area contributed by atoms with E-state index in [1.165, 1.54) is 6.42 Å². The van der Waals surface area contributed by atoms with Gasteiger partial charge in [0.1, 0.15) is 16.9 Å². The monoisotopic (exact) mass is 351 g/mol. The fourth-order valence-electron chi connectivity index (χ4n) is 3.70. The second-order valence-electron chi connectivity index (χ2n) is 7.51. The number of ether oxygens (including phenoxy) is 1. The summed E-state index contributed by atoms with van der Waals surface area (Å²) in [5, 5.41) is 0. The first-order valence-electron chi connectivity index (χ1n) is 9.03. The molecule has 8 nitrogen and oxygen atoms in total. The summed E-state index contributed by atoms with van der Waals surface area (Å²) in [5.74, 6) is 2.23. The maximum Gasteiger partial charge on any atom is 0.219 e. The molecule has 1 aliphatic carbocycles. The number of fused-ring (bicyclic) bond motifs is 3. The molecule has 0 aromatic carbocycles. The van der Waals surface area contributed by atoms with Crippen molar-refractivity contribution in [1.82, 2.24) is 29.5 Å². The molecule has 0 unspecified atom stereocenters. The number of nitrogen functional groups attached to an aromatic ring is 1. The predicted octanol–water partition coefficient (Wildman–Crippen LogP) is 2.40. The van der Waals surface area contributed by atoms with Crippen LogP contribution in [0.3, 0.4) is 0 Å². The molecule has 2 N–H and O–H groups in total. The van der Waals surface area contributed by atoms with E-state index < -0.39 is 5.60 Å². The third-order valence-corrected chi connectivity index (χ3v) is 5.36. The van der Waals surface area contributed by atoms with E-state index >= 15 is 0 Å². The van der Waals surface area contributed by atoms with Crippen LogP contribution in [0.5, 0.6) is 0 Å². The zero-order valence-electron chi connectivity index (χ0n) is 14.9. The first-order chi connectivity index (χ1) is 12.5. The molecule has 0 spiro atoms. The van der Waals surface area contributed by atoms with Crippen LogP contribution < -0.4 is 5.73 Å². The maximum atomic E-state index is 5.92. The van der Waals surface area contributed by atoms with Crippen LogP contribution in [0.2, 0.25) is 0 Å². The normalized spacial score (nSPS) is 19.3. The van der Waals surface area contributed by atoms with Gasteiger partial charge in [0.2, 0.25) is 5.95 Å². The Bertz CT molecular complexity index is 989. The molecule has 1 aliphatic heterocycles. The molecule has 134 valence electrons. The van der Waals surface area contributed by atoms with Gasteiger partial charge in [0.15, 0.2) is 11.5 Å². The molecule has 0 bridgehead atoms. The molecule has 1 fully saturated rings. The van der Waals surface area contributed by atoms with Crippen LogP contribution >= 0.6 is 0 Å². The minimum Gasteiger partial charge on any atom is -0.368 e. The smallest absolute Gasteiger partial charge is 0.219 e. The molecule has 3 aromatic heterocycles. The fourth-order valence-corrected chi connectivity index (χ4v) is 3.70. The highest BCUT2D eigenvalue weighted by Crippen LogP contribution is 2.40. The zero-order valence-corrected chi connectivity index (χ0v) is 14.9. The van der Waals surface area contributed by atoms with E-state index in [4.69, 9.17) is 25.4 Å². The molecule has 0 atom stereocenters. The van der Waals surface area contributed by atoms with Crippen LogP contribution in [0.25, 0.3) is 22.6 Å². The number of hydrogen-bond donors (Lipinski definition) is 1. The van der Waals surface area contributed by atoms with Crippen molar-refractivity contribution in [3.05, 3.63) is 23.9 Å². The molecule has 8 heteroatoms. The molecule has 3 aromatic rings. The highest BCUT2D eigenvalue weighted by Gasteiger charge is 2.35. The van der Waals surface area contributed by atoms with Crippen molar-refractivity contribution in [2.75, 3.05) is 12.3 Å². The molecule has 1 saturated carbocycles. The predicted molar refractivity (Wildman–Crippen MR) is 96.3 cm³/mol. The van der Waals surface area contributed by atoms with Crippen molar-refractivity contribution in [2.45, 2.75) is 51.2 Å². The van der Waals surface area contributed by atoms with Crippen LogP contribution in [0, 0.1) is 0 Å². The molecule has 0 radical (unpaired) electrons. The molecular weight excluding hydrogens is 330 g/mol. The number of rotatable bonds is 2. The van der Waals surface area contributed by atoms with Crippen molar-refractivity contribution in [3.8, 4) is 11.4 Å². The molecule has 0 amide bonds. The van der Waals surface area contributed by atoms with Gasteiger partial charge in [-0.05, 0) is 26.7 Å². The van der Waals surface area contributed by atoms with Gasteiger partial charge in [0.25, 0.3) is 0 Å². The highest BCUT2D eigenvalue weighted by atomic mass is 16.5. The largest absolute Gasteiger partial charge is 0.368 e. The molecule has 0 saturated heterocycles. The Morgan fingerprint density at radius 1 is 1.15 bits per heavy atom. The second-order valence-corrected chi connectivity index (χ2v) is 7.51. The summed E-state index contributed by atoms with van der Waals surface area (Å²) in [6, 6.07) is 0. The number of nitrogens with zero attached hydrogens (tertiary/aromatic N) is 6. The number of imidazole rings is 1. The minimum atomic E-state index is -0.430. The van der Waals surface area contributed by atoms with Gasteiger partial charge in [0.05, 0.1) is 17.9 Å². The summed E-state index contributed by atoms with van der Waals surface area (Å²) in [6.45, 7) is 5.49. The van der Waals surface area contributed by atoms with Crippen LogP contribution in [-0.4, -0.2) is 36.1 Å². The summed E-state index contributed by atoms with van der Waals surface area (Å²) in [6.07, 6.45) is 6.87. The van der Waals surface area contributed by atoms with Gasteiger partial charge >= 0.3 is 0 Å². The van der Waals surface area contributed by atoms with Crippen LogP contribution in [0.1, 0.15) is 50.5 Å². The summed E-state index contributed by atoms with van der Waals surface area (Å²) >= 11 is 0. The SMILES string of the molecule is CC1(C)OCCn2c1nc1c(C3CCC3)nc(-c3cnc(N)nc3)nc12. The molecule has 5 rings (SSSR count). The van der Waals surface area contributed by atoms with Gasteiger partial charge in [-0.2, -0.15) is 0 Å². The van der Waals surface area contributed by atoms with Crippen LogP contribution in [0.4, 0.5) is 5.95 Å². The summed E-state index contributed by atoms with van der Waals surface area (Å²) in [5.41, 5.74) is 8.77. The summed E-state index contributed by atoms with van der Waals surface area (Å²) in [4.78, 5) is 22.8.